The first-order valence-corrected chi connectivity index (χ1v) is 6.70. The fourth-order valence-electron chi connectivity index (χ4n) is 3.05. The number of rotatable bonds is 3. The van der Waals surface area contributed by atoms with Gasteiger partial charge in [0.2, 0.25) is 5.91 Å². The summed E-state index contributed by atoms with van der Waals surface area (Å²) in [6, 6.07) is 1.58. The molecule has 1 amide bonds. The predicted molar refractivity (Wildman–Crippen MR) is 73.1 cm³/mol. The minimum Gasteiger partial charge on any atom is -0.465 e. The third kappa shape index (κ3) is 2.31. The van der Waals surface area contributed by atoms with E-state index < -0.39 is 5.97 Å². The third-order valence-electron chi connectivity index (χ3n) is 4.04. The first kappa shape index (κ1) is 12.8. The molecule has 0 spiro atoms. The van der Waals surface area contributed by atoms with Crippen LogP contribution in [-0.2, 0) is 9.53 Å². The maximum atomic E-state index is 12.3. The van der Waals surface area contributed by atoms with Gasteiger partial charge in [0.15, 0.2) is 0 Å². The number of aromatic nitrogens is 1. The van der Waals surface area contributed by atoms with Crippen LogP contribution < -0.4 is 5.32 Å². The molecule has 0 aromatic carbocycles. The molecule has 0 saturated heterocycles. The number of allylic oxidation sites excluding steroid dienone is 2. The lowest BCUT2D eigenvalue weighted by Crippen LogP contribution is -2.26. The van der Waals surface area contributed by atoms with Crippen LogP contribution in [0.4, 0.5) is 5.69 Å². The van der Waals surface area contributed by atoms with Gasteiger partial charge in [-0.2, -0.15) is 0 Å². The number of nitrogens with zero attached hydrogens (tertiary/aromatic N) is 1. The molecule has 5 heteroatoms. The summed E-state index contributed by atoms with van der Waals surface area (Å²) in [5.41, 5.74) is 0.864. The van der Waals surface area contributed by atoms with Gasteiger partial charge in [0.05, 0.1) is 24.6 Å². The van der Waals surface area contributed by atoms with E-state index in [2.05, 4.69) is 27.2 Å². The Morgan fingerprint density at radius 3 is 2.80 bits per heavy atom. The smallest absolute Gasteiger partial charge is 0.339 e. The Morgan fingerprint density at radius 2 is 2.15 bits per heavy atom. The number of carbonyl (C=O) groups is 2. The minimum absolute atomic E-state index is 0.00525. The maximum absolute atomic E-state index is 12.3. The number of esters is 1. The van der Waals surface area contributed by atoms with Crippen LogP contribution in [0.3, 0.4) is 0 Å². The zero-order valence-corrected chi connectivity index (χ0v) is 11.2. The lowest BCUT2D eigenvalue weighted by molar-refractivity contribution is -0.120. The van der Waals surface area contributed by atoms with Gasteiger partial charge in [-0.25, -0.2) is 4.79 Å². The van der Waals surface area contributed by atoms with Crippen molar-refractivity contribution in [2.24, 2.45) is 17.8 Å². The van der Waals surface area contributed by atoms with E-state index in [-0.39, 0.29) is 11.8 Å². The molecule has 5 nitrogen and oxygen atoms in total. The first-order chi connectivity index (χ1) is 9.67. The van der Waals surface area contributed by atoms with E-state index in [9.17, 15) is 9.59 Å². The topological polar surface area (TPSA) is 68.3 Å². The van der Waals surface area contributed by atoms with Crippen molar-refractivity contribution in [1.29, 1.82) is 0 Å². The molecule has 1 N–H and O–H groups in total. The van der Waals surface area contributed by atoms with Crippen molar-refractivity contribution in [2.45, 2.75) is 12.8 Å². The Kier molecular flexibility index (Phi) is 3.26. The fraction of sp³-hybridized carbons (Fsp3) is 0.400. The lowest BCUT2D eigenvalue weighted by atomic mass is 9.93. The van der Waals surface area contributed by atoms with Gasteiger partial charge >= 0.3 is 5.97 Å². The molecule has 2 bridgehead atoms. The Balaban J connectivity index is 1.70. The highest BCUT2D eigenvalue weighted by Gasteiger charge is 2.39. The molecule has 3 rings (SSSR count). The van der Waals surface area contributed by atoms with Crippen LogP contribution in [-0.4, -0.2) is 24.0 Å². The van der Waals surface area contributed by atoms with Crippen LogP contribution in [0.2, 0.25) is 0 Å². The Hall–Kier alpha value is -2.17. The van der Waals surface area contributed by atoms with E-state index in [0.717, 1.165) is 12.8 Å². The second-order valence-electron chi connectivity index (χ2n) is 5.33. The van der Waals surface area contributed by atoms with E-state index >= 15 is 0 Å². The second kappa shape index (κ2) is 5.07. The van der Waals surface area contributed by atoms with E-state index in [0.29, 0.717) is 23.1 Å². The molecule has 104 valence electrons. The normalized spacial score (nSPS) is 26.6. The van der Waals surface area contributed by atoms with Gasteiger partial charge in [-0.05, 0) is 30.7 Å². The average Bonchev–Trinajstić information content (AvgIpc) is 3.09. The van der Waals surface area contributed by atoms with Crippen molar-refractivity contribution in [2.75, 3.05) is 12.4 Å². The molecule has 2 aliphatic rings. The number of ether oxygens (including phenoxy) is 1. The minimum atomic E-state index is -0.462. The number of carbonyl (C=O) groups excluding carboxylic acids is 2. The first-order valence-electron chi connectivity index (χ1n) is 6.70. The Labute approximate surface area is 117 Å². The van der Waals surface area contributed by atoms with Gasteiger partial charge in [0.1, 0.15) is 0 Å². The predicted octanol–water partition coefficient (Wildman–Crippen LogP) is 2.02. The van der Waals surface area contributed by atoms with Crippen molar-refractivity contribution in [3.8, 4) is 0 Å². The van der Waals surface area contributed by atoms with Crippen molar-refractivity contribution < 1.29 is 14.3 Å². The summed E-state index contributed by atoms with van der Waals surface area (Å²) in [6.45, 7) is 0. The van der Waals surface area contributed by atoms with E-state index in [4.69, 9.17) is 0 Å². The van der Waals surface area contributed by atoms with Gasteiger partial charge in [-0.15, -0.1) is 0 Å². The van der Waals surface area contributed by atoms with E-state index in [1.54, 1.807) is 6.07 Å². The van der Waals surface area contributed by atoms with Crippen molar-refractivity contribution in [3.05, 3.63) is 36.2 Å². The zero-order valence-electron chi connectivity index (χ0n) is 11.2. The number of hydrogen-bond donors (Lipinski definition) is 1. The quantitative estimate of drug-likeness (QED) is 0.675. The highest BCUT2D eigenvalue weighted by molar-refractivity contribution is 5.95. The number of hydrogen-bond acceptors (Lipinski definition) is 4. The summed E-state index contributed by atoms with van der Waals surface area (Å²) in [5, 5.41) is 2.84. The molecule has 3 atom stereocenters. The van der Waals surface area contributed by atoms with Crippen molar-refractivity contribution in [1.82, 2.24) is 4.98 Å². The molecule has 2 aliphatic carbocycles. The molecule has 1 saturated carbocycles. The summed E-state index contributed by atoms with van der Waals surface area (Å²) in [7, 11) is 1.31. The van der Waals surface area contributed by atoms with Crippen LogP contribution in [0.25, 0.3) is 0 Å². The van der Waals surface area contributed by atoms with Crippen LogP contribution in [0.15, 0.2) is 30.6 Å². The lowest BCUT2D eigenvalue weighted by Gasteiger charge is -2.17. The molecule has 1 aromatic rings. The molecular weight excluding hydrogens is 256 g/mol. The largest absolute Gasteiger partial charge is 0.465 e. The number of fused-ring (bicyclic) bond motifs is 2. The van der Waals surface area contributed by atoms with Crippen LogP contribution in [0.5, 0.6) is 0 Å². The number of methoxy groups -OCH3 is 1. The number of amides is 1. The Bertz CT molecular complexity index is 582. The van der Waals surface area contributed by atoms with Gasteiger partial charge in [0.25, 0.3) is 0 Å². The highest BCUT2D eigenvalue weighted by Crippen LogP contribution is 2.43. The molecule has 1 fully saturated rings. The number of anilines is 1. The van der Waals surface area contributed by atoms with Crippen LogP contribution in [0, 0.1) is 17.8 Å². The molecule has 20 heavy (non-hydrogen) atoms. The van der Waals surface area contributed by atoms with Crippen LogP contribution >= 0.6 is 0 Å². The summed E-state index contributed by atoms with van der Waals surface area (Å²) in [6.07, 6.45) is 9.29. The number of pyridine rings is 1. The monoisotopic (exact) mass is 272 g/mol. The average molecular weight is 272 g/mol. The molecular formula is C15H16N2O3. The molecule has 1 aromatic heterocycles. The summed E-state index contributed by atoms with van der Waals surface area (Å²) in [4.78, 5) is 27.6. The van der Waals surface area contributed by atoms with E-state index in [1.165, 1.54) is 19.5 Å². The van der Waals surface area contributed by atoms with Crippen molar-refractivity contribution >= 4 is 17.6 Å². The molecule has 0 aliphatic heterocycles. The zero-order chi connectivity index (χ0) is 14.1. The van der Waals surface area contributed by atoms with Crippen molar-refractivity contribution in [3.63, 3.8) is 0 Å². The van der Waals surface area contributed by atoms with Crippen LogP contribution in [0.1, 0.15) is 23.2 Å². The second-order valence-corrected chi connectivity index (χ2v) is 5.33. The fourth-order valence-corrected chi connectivity index (χ4v) is 3.05. The van der Waals surface area contributed by atoms with Gasteiger partial charge < -0.3 is 10.1 Å². The summed E-state index contributed by atoms with van der Waals surface area (Å²) in [5.74, 6) is 0.487. The van der Waals surface area contributed by atoms with Gasteiger partial charge in [-0.3, -0.25) is 9.78 Å². The summed E-state index contributed by atoms with van der Waals surface area (Å²) >= 11 is 0. The molecule has 0 radical (unpaired) electrons. The number of nitrogens with one attached hydrogen (secondary N) is 1. The van der Waals surface area contributed by atoms with E-state index in [1.807, 2.05) is 0 Å². The highest BCUT2D eigenvalue weighted by atomic mass is 16.5. The van der Waals surface area contributed by atoms with Gasteiger partial charge in [0, 0.05) is 12.1 Å². The van der Waals surface area contributed by atoms with Gasteiger partial charge in [-0.1, -0.05) is 12.2 Å². The third-order valence-corrected chi connectivity index (χ3v) is 4.04. The molecule has 1 heterocycles. The maximum Gasteiger partial charge on any atom is 0.339 e. The SMILES string of the molecule is COC(=O)c1cncc(NC(=O)C2CC3C=CC2C3)c1. The Morgan fingerprint density at radius 1 is 1.30 bits per heavy atom. The summed E-state index contributed by atoms with van der Waals surface area (Å²) < 4.78 is 4.64. The molecule has 3 unspecified atom stereocenters. The standard InChI is InChI=1S/C15H16N2O3/c1-20-15(19)11-6-12(8-16-7-11)17-14(18)13-5-9-2-3-10(13)4-9/h2-3,6-10,13H,4-5H2,1H3,(H,17,18).